The number of sulfone groups is 1. The molecule has 1 aromatic carbocycles. The van der Waals surface area contributed by atoms with E-state index in [9.17, 15) is 27.2 Å². The largest absolute Gasteiger partial charge is 0.459 e. The third-order valence-corrected chi connectivity index (χ3v) is 5.02. The van der Waals surface area contributed by atoms with E-state index in [1.165, 1.54) is 0 Å². The Balaban J connectivity index is 2.47. The third-order valence-electron chi connectivity index (χ3n) is 3.87. The van der Waals surface area contributed by atoms with Gasteiger partial charge in [0.15, 0.2) is 21.5 Å². The van der Waals surface area contributed by atoms with Gasteiger partial charge in [-0.3, -0.25) is 9.59 Å². The van der Waals surface area contributed by atoms with Crippen molar-refractivity contribution >= 4 is 27.9 Å². The van der Waals surface area contributed by atoms with Crippen molar-refractivity contribution in [1.29, 1.82) is 0 Å². The van der Waals surface area contributed by atoms with Crippen molar-refractivity contribution in [3.8, 4) is 0 Å². The number of ether oxygens (including phenoxy) is 1. The van der Waals surface area contributed by atoms with E-state index in [4.69, 9.17) is 4.74 Å². The molecule has 0 radical (unpaired) electrons. The highest BCUT2D eigenvalue weighted by atomic mass is 32.2. The molecule has 0 heterocycles. The van der Waals surface area contributed by atoms with E-state index >= 15 is 0 Å². The second-order valence-corrected chi connectivity index (χ2v) is 9.38. The van der Waals surface area contributed by atoms with Crippen molar-refractivity contribution in [2.24, 2.45) is 5.92 Å². The van der Waals surface area contributed by atoms with Crippen LogP contribution in [-0.4, -0.2) is 38.3 Å². The molecule has 1 aromatic rings. The minimum absolute atomic E-state index is 0.0489. The number of hydrogen-bond acceptors (Lipinski definition) is 6. The molecule has 1 unspecified atom stereocenters. The van der Waals surface area contributed by atoms with Gasteiger partial charge in [-0.05, 0) is 51.7 Å². The number of benzene rings is 1. The minimum Gasteiger partial charge on any atom is -0.459 e. The molecule has 0 N–H and O–H groups in total. The van der Waals surface area contributed by atoms with Crippen LogP contribution in [0.1, 0.15) is 55.5 Å². The molecule has 1 fully saturated rings. The van der Waals surface area contributed by atoms with E-state index < -0.39 is 44.5 Å². The summed E-state index contributed by atoms with van der Waals surface area (Å²) in [7, 11) is -3.68. The summed E-state index contributed by atoms with van der Waals surface area (Å²) in [5.41, 5.74) is -1.45. The lowest BCUT2D eigenvalue weighted by molar-refractivity contribution is -0.158. The Morgan fingerprint density at radius 1 is 1.27 bits per heavy atom. The van der Waals surface area contributed by atoms with Gasteiger partial charge in [-0.25, -0.2) is 12.8 Å². The van der Waals surface area contributed by atoms with Gasteiger partial charge in [0.25, 0.3) is 0 Å². The first kappa shape index (κ1) is 20.2. The second-order valence-electron chi connectivity index (χ2n) is 7.40. The van der Waals surface area contributed by atoms with Crippen molar-refractivity contribution in [2.75, 3.05) is 6.26 Å². The highest BCUT2D eigenvalue weighted by Crippen LogP contribution is 2.45. The number of hydrogen-bond donors (Lipinski definition) is 0. The lowest BCUT2D eigenvalue weighted by atomic mass is 9.95. The van der Waals surface area contributed by atoms with Crippen molar-refractivity contribution in [2.45, 2.75) is 50.0 Å². The third kappa shape index (κ3) is 4.35. The molecule has 0 spiro atoms. The zero-order chi connectivity index (χ0) is 19.9. The topological polar surface area (TPSA) is 94.6 Å². The van der Waals surface area contributed by atoms with Gasteiger partial charge in [0, 0.05) is 11.8 Å². The normalized spacial score (nSPS) is 16.0. The Labute approximate surface area is 151 Å². The average Bonchev–Trinajstić information content (AvgIpc) is 3.28. The quantitative estimate of drug-likeness (QED) is 0.324. The number of carbonyl (C=O) groups is 3. The van der Waals surface area contributed by atoms with Crippen molar-refractivity contribution in [3.63, 3.8) is 0 Å². The Hall–Kier alpha value is -2.09. The van der Waals surface area contributed by atoms with E-state index in [1.54, 1.807) is 20.8 Å². The van der Waals surface area contributed by atoms with Crippen LogP contribution in [0.5, 0.6) is 0 Å². The van der Waals surface area contributed by atoms with E-state index in [0.29, 0.717) is 12.8 Å². The van der Waals surface area contributed by atoms with Gasteiger partial charge >= 0.3 is 5.97 Å². The number of Topliss-reactive ketones (excluding diaryl/α,β-unsaturated/α-hetero) is 1. The summed E-state index contributed by atoms with van der Waals surface area (Å²) in [6, 6.07) is 2.15. The fraction of sp³-hybridized carbons (Fsp3) is 0.500. The molecule has 6 nitrogen and oxygen atoms in total. The van der Waals surface area contributed by atoms with Crippen LogP contribution in [-0.2, 0) is 24.2 Å². The maximum absolute atomic E-state index is 14.9. The summed E-state index contributed by atoms with van der Waals surface area (Å²) in [6.45, 7) is 4.72. The molecule has 0 saturated heterocycles. The summed E-state index contributed by atoms with van der Waals surface area (Å²) in [6.07, 6.45) is 2.29. The molecule has 142 valence electrons. The van der Waals surface area contributed by atoms with Crippen LogP contribution in [0, 0.1) is 11.7 Å². The molecule has 0 aliphatic heterocycles. The summed E-state index contributed by atoms with van der Waals surface area (Å²) in [5.74, 6) is -5.20. The number of aldehydes is 1. The molecule has 26 heavy (non-hydrogen) atoms. The standard InChI is InChI=1S/C18H21FO6S/c1-18(2,3)25-17(22)12(9-20)16(21)11-7-8-13(26(4,23)24)14(15(11)19)10-5-6-10/h7-10,12H,5-6H2,1-4H3. The molecule has 0 bridgehead atoms. The van der Waals surface area contributed by atoms with Crippen LogP contribution >= 0.6 is 0 Å². The molecule has 0 amide bonds. The molecule has 1 aliphatic rings. The Kier molecular flexibility index (Phi) is 5.37. The number of carbonyl (C=O) groups excluding carboxylic acids is 3. The van der Waals surface area contributed by atoms with Crippen molar-refractivity contribution < 1.29 is 31.9 Å². The lowest BCUT2D eigenvalue weighted by Gasteiger charge is -2.21. The predicted octanol–water partition coefficient (Wildman–Crippen LogP) is 2.45. The Bertz CT molecular complexity index is 862. The van der Waals surface area contributed by atoms with E-state index in [1.807, 2.05) is 0 Å². The smallest absolute Gasteiger partial charge is 0.324 e. The fourth-order valence-corrected chi connectivity index (χ4v) is 3.57. The zero-order valence-corrected chi connectivity index (χ0v) is 15.9. The van der Waals surface area contributed by atoms with Gasteiger partial charge in [-0.1, -0.05) is 0 Å². The molecule has 8 heteroatoms. The van der Waals surface area contributed by atoms with Gasteiger partial charge in [0.05, 0.1) is 10.5 Å². The molecule has 0 aromatic heterocycles. The van der Waals surface area contributed by atoms with Crippen LogP contribution in [0.15, 0.2) is 17.0 Å². The van der Waals surface area contributed by atoms with E-state index in [-0.39, 0.29) is 22.7 Å². The fourth-order valence-electron chi connectivity index (χ4n) is 2.60. The van der Waals surface area contributed by atoms with Crippen LogP contribution in [0.3, 0.4) is 0 Å². The number of halogens is 1. The van der Waals surface area contributed by atoms with Crippen molar-refractivity contribution in [1.82, 2.24) is 0 Å². The second kappa shape index (κ2) is 6.90. The molecule has 1 aliphatic carbocycles. The monoisotopic (exact) mass is 384 g/mol. The van der Waals surface area contributed by atoms with Gasteiger partial charge in [0.1, 0.15) is 17.7 Å². The van der Waals surface area contributed by atoms with Crippen LogP contribution in [0.2, 0.25) is 0 Å². The molecule has 1 saturated carbocycles. The van der Waals surface area contributed by atoms with Crippen LogP contribution in [0.4, 0.5) is 4.39 Å². The maximum Gasteiger partial charge on any atom is 0.324 e. The van der Waals surface area contributed by atoms with Crippen LogP contribution in [0.25, 0.3) is 0 Å². The number of rotatable bonds is 6. The molecule has 1 atom stereocenters. The Morgan fingerprint density at radius 2 is 1.85 bits per heavy atom. The van der Waals surface area contributed by atoms with Gasteiger partial charge in [0.2, 0.25) is 0 Å². The van der Waals surface area contributed by atoms with Gasteiger partial charge in [-0.15, -0.1) is 0 Å². The lowest BCUT2D eigenvalue weighted by Crippen LogP contribution is -2.34. The maximum atomic E-state index is 14.9. The SMILES string of the molecule is CC(C)(C)OC(=O)C(C=O)C(=O)c1ccc(S(C)(=O)=O)c(C2CC2)c1F. The molecular formula is C18H21FO6S. The highest BCUT2D eigenvalue weighted by molar-refractivity contribution is 7.90. The summed E-state index contributed by atoms with van der Waals surface area (Å²) in [5, 5.41) is 0. The first-order chi connectivity index (χ1) is 11.9. The minimum atomic E-state index is -3.68. The van der Waals surface area contributed by atoms with Crippen LogP contribution < -0.4 is 0 Å². The first-order valence-corrected chi connectivity index (χ1v) is 10.0. The summed E-state index contributed by atoms with van der Waals surface area (Å²) >= 11 is 0. The van der Waals surface area contributed by atoms with E-state index in [0.717, 1.165) is 18.4 Å². The summed E-state index contributed by atoms with van der Waals surface area (Å²) < 4.78 is 43.8. The highest BCUT2D eigenvalue weighted by Gasteiger charge is 2.37. The number of esters is 1. The van der Waals surface area contributed by atoms with Gasteiger partial charge in [-0.2, -0.15) is 0 Å². The zero-order valence-electron chi connectivity index (χ0n) is 15.0. The molecular weight excluding hydrogens is 363 g/mol. The van der Waals surface area contributed by atoms with Gasteiger partial charge < -0.3 is 9.53 Å². The van der Waals surface area contributed by atoms with Crippen molar-refractivity contribution in [3.05, 3.63) is 29.1 Å². The first-order valence-electron chi connectivity index (χ1n) is 8.11. The van der Waals surface area contributed by atoms with E-state index in [2.05, 4.69) is 0 Å². The average molecular weight is 384 g/mol. The summed E-state index contributed by atoms with van der Waals surface area (Å²) in [4.78, 5) is 35.7. The Morgan fingerprint density at radius 3 is 2.27 bits per heavy atom. The predicted molar refractivity (Wildman–Crippen MR) is 91.2 cm³/mol. The number of ketones is 1. The molecule has 2 rings (SSSR count).